The molecule has 1 fully saturated rings. The fourth-order valence-corrected chi connectivity index (χ4v) is 3.52. The van der Waals surface area contributed by atoms with Gasteiger partial charge in [-0.05, 0) is 50.2 Å². The number of rotatable bonds is 7. The van der Waals surface area contributed by atoms with Crippen LogP contribution in [-0.2, 0) is 13.0 Å². The number of aryl methyl sites for hydroxylation is 1. The first kappa shape index (κ1) is 18.5. The highest BCUT2D eigenvalue weighted by atomic mass is 16.5. The van der Waals surface area contributed by atoms with Crippen LogP contribution < -0.4 is 4.74 Å². The van der Waals surface area contributed by atoms with E-state index < -0.39 is 6.09 Å². The Bertz CT molecular complexity index is 750. The second kappa shape index (κ2) is 8.40. The smallest absolute Gasteiger partial charge is 0.407 e. The summed E-state index contributed by atoms with van der Waals surface area (Å²) >= 11 is 0. The second-order valence-electron chi connectivity index (χ2n) is 6.81. The summed E-state index contributed by atoms with van der Waals surface area (Å²) in [6.07, 6.45) is 3.58. The Hall–Kier alpha value is -2.28. The number of hydrogen-bond donors (Lipinski definition) is 2. The molecule has 1 aliphatic rings. The number of ether oxygens (including phenoxy) is 1. The molecule has 1 aromatic heterocycles. The largest absolute Gasteiger partial charge is 0.493 e. The summed E-state index contributed by atoms with van der Waals surface area (Å²) in [6.45, 7) is 3.68. The van der Waals surface area contributed by atoms with E-state index in [1.807, 2.05) is 19.1 Å². The Balaban J connectivity index is 1.67. The van der Waals surface area contributed by atoms with Gasteiger partial charge in [-0.1, -0.05) is 12.1 Å². The number of aliphatic hydroxyl groups excluding tert-OH is 1. The van der Waals surface area contributed by atoms with Crippen LogP contribution in [0.3, 0.4) is 0 Å². The molecule has 0 bridgehead atoms. The summed E-state index contributed by atoms with van der Waals surface area (Å²) in [7, 11) is 0. The van der Waals surface area contributed by atoms with Gasteiger partial charge >= 0.3 is 6.09 Å². The molecular formula is C19H26N2O5. The summed E-state index contributed by atoms with van der Waals surface area (Å²) in [6, 6.07) is 3.81. The molecule has 0 unspecified atom stereocenters. The highest BCUT2D eigenvalue weighted by Gasteiger charge is 2.23. The lowest BCUT2D eigenvalue weighted by Crippen LogP contribution is -2.37. The van der Waals surface area contributed by atoms with Crippen molar-refractivity contribution in [3.8, 4) is 5.75 Å². The fourth-order valence-electron chi connectivity index (χ4n) is 3.52. The van der Waals surface area contributed by atoms with E-state index >= 15 is 0 Å². The van der Waals surface area contributed by atoms with Crippen LogP contribution in [0.4, 0.5) is 4.79 Å². The first-order valence-electron chi connectivity index (χ1n) is 9.25. The molecule has 0 radical (unpaired) electrons. The minimum Gasteiger partial charge on any atom is -0.493 e. The van der Waals surface area contributed by atoms with Crippen molar-refractivity contribution >= 4 is 17.1 Å². The van der Waals surface area contributed by atoms with Gasteiger partial charge in [-0.15, -0.1) is 0 Å². The number of aromatic nitrogens is 1. The molecule has 7 heteroatoms. The Kier molecular flexibility index (Phi) is 5.98. The van der Waals surface area contributed by atoms with Gasteiger partial charge in [0.05, 0.1) is 24.5 Å². The van der Waals surface area contributed by atoms with Gasteiger partial charge in [0.2, 0.25) is 0 Å². The van der Waals surface area contributed by atoms with Gasteiger partial charge in [-0.3, -0.25) is 0 Å². The topological polar surface area (TPSA) is 96.0 Å². The fraction of sp³-hybridized carbons (Fsp3) is 0.579. The average molecular weight is 362 g/mol. The maximum atomic E-state index is 11.0. The van der Waals surface area contributed by atoms with Gasteiger partial charge in [0.15, 0.2) is 5.58 Å². The first-order valence-corrected chi connectivity index (χ1v) is 9.25. The minimum atomic E-state index is -0.830. The number of likely N-dealkylation sites (tertiary alicyclic amines) is 1. The van der Waals surface area contributed by atoms with E-state index in [0.717, 1.165) is 43.2 Å². The zero-order valence-electron chi connectivity index (χ0n) is 15.1. The molecule has 0 aliphatic carbocycles. The van der Waals surface area contributed by atoms with E-state index in [1.54, 1.807) is 0 Å². The minimum absolute atomic E-state index is 0.154. The third kappa shape index (κ3) is 3.93. The number of nitrogens with zero attached hydrogens (tertiary/aromatic N) is 2. The molecule has 26 heavy (non-hydrogen) atoms. The summed E-state index contributed by atoms with van der Waals surface area (Å²) in [5.41, 5.74) is 2.12. The summed E-state index contributed by atoms with van der Waals surface area (Å²) in [4.78, 5) is 12.5. The van der Waals surface area contributed by atoms with Crippen LogP contribution in [0, 0.1) is 5.92 Å². The van der Waals surface area contributed by atoms with Gasteiger partial charge in [0.1, 0.15) is 5.75 Å². The molecule has 3 rings (SSSR count). The Labute approximate surface area is 152 Å². The van der Waals surface area contributed by atoms with Crippen molar-refractivity contribution in [1.29, 1.82) is 0 Å². The Morgan fingerprint density at radius 3 is 2.81 bits per heavy atom. The van der Waals surface area contributed by atoms with Gasteiger partial charge < -0.3 is 24.4 Å². The molecule has 0 spiro atoms. The molecule has 0 saturated carbocycles. The van der Waals surface area contributed by atoms with Gasteiger partial charge in [-0.25, -0.2) is 4.79 Å². The molecule has 0 atom stereocenters. The first-order chi connectivity index (χ1) is 12.6. The van der Waals surface area contributed by atoms with Crippen molar-refractivity contribution in [2.75, 3.05) is 19.7 Å². The molecule has 1 aliphatic heterocycles. The molecule has 2 aromatic rings. The van der Waals surface area contributed by atoms with Crippen LogP contribution in [0.15, 0.2) is 16.7 Å². The number of aliphatic hydroxyl groups is 1. The van der Waals surface area contributed by atoms with E-state index in [1.165, 1.54) is 4.90 Å². The van der Waals surface area contributed by atoms with E-state index in [4.69, 9.17) is 14.4 Å². The quantitative estimate of drug-likeness (QED) is 0.783. The molecule has 2 N–H and O–H groups in total. The highest BCUT2D eigenvalue weighted by molar-refractivity contribution is 5.84. The van der Waals surface area contributed by atoms with Crippen molar-refractivity contribution in [2.24, 2.45) is 5.92 Å². The monoisotopic (exact) mass is 362 g/mol. The molecular weight excluding hydrogens is 336 g/mol. The lowest BCUT2D eigenvalue weighted by Gasteiger charge is -2.29. The molecule has 142 valence electrons. The van der Waals surface area contributed by atoms with Gasteiger partial charge in [0.25, 0.3) is 0 Å². The van der Waals surface area contributed by atoms with Crippen LogP contribution in [0.5, 0.6) is 5.75 Å². The Morgan fingerprint density at radius 1 is 1.38 bits per heavy atom. The number of carbonyl (C=O) groups is 1. The highest BCUT2D eigenvalue weighted by Crippen LogP contribution is 2.32. The molecule has 1 saturated heterocycles. The molecule has 1 amide bonds. The number of benzene rings is 1. The standard InChI is InChI=1S/C19H26N2O5/c1-2-11-25-17-6-4-14-16(20-26-18(14)15(17)12-22)5-3-13-7-9-21(10-8-13)19(23)24/h4,6,13,22H,2-3,5,7-12H2,1H3,(H,23,24). The number of amides is 1. The van der Waals surface area contributed by atoms with Crippen LogP contribution in [0.2, 0.25) is 0 Å². The molecule has 7 nitrogen and oxygen atoms in total. The predicted molar refractivity (Wildman–Crippen MR) is 96.4 cm³/mol. The van der Waals surface area contributed by atoms with Crippen molar-refractivity contribution in [1.82, 2.24) is 10.1 Å². The normalized spacial score (nSPS) is 15.5. The zero-order valence-corrected chi connectivity index (χ0v) is 15.1. The molecule has 1 aromatic carbocycles. The average Bonchev–Trinajstić information content (AvgIpc) is 3.07. The van der Waals surface area contributed by atoms with Crippen LogP contribution >= 0.6 is 0 Å². The van der Waals surface area contributed by atoms with Crippen LogP contribution in [-0.4, -0.2) is 46.1 Å². The zero-order chi connectivity index (χ0) is 18.5. The third-order valence-electron chi connectivity index (χ3n) is 5.07. The van der Waals surface area contributed by atoms with Crippen molar-refractivity contribution in [3.63, 3.8) is 0 Å². The van der Waals surface area contributed by atoms with Crippen molar-refractivity contribution < 1.29 is 24.3 Å². The number of hydrogen-bond acceptors (Lipinski definition) is 5. The van der Waals surface area contributed by atoms with Crippen molar-refractivity contribution in [3.05, 3.63) is 23.4 Å². The SMILES string of the molecule is CCCOc1ccc2c(CCC3CCN(C(=O)O)CC3)noc2c1CO. The van der Waals surface area contributed by atoms with Gasteiger partial charge in [0, 0.05) is 18.5 Å². The van der Waals surface area contributed by atoms with E-state index in [0.29, 0.717) is 42.5 Å². The van der Waals surface area contributed by atoms with Crippen molar-refractivity contribution in [2.45, 2.75) is 45.6 Å². The predicted octanol–water partition coefficient (Wildman–Crippen LogP) is 3.43. The lowest BCUT2D eigenvalue weighted by molar-refractivity contribution is 0.123. The number of piperidine rings is 1. The van der Waals surface area contributed by atoms with Gasteiger partial charge in [-0.2, -0.15) is 0 Å². The number of fused-ring (bicyclic) bond motifs is 1. The molecule has 2 heterocycles. The Morgan fingerprint density at radius 2 is 2.15 bits per heavy atom. The summed E-state index contributed by atoms with van der Waals surface area (Å²) in [5.74, 6) is 1.15. The van der Waals surface area contributed by atoms with E-state index in [2.05, 4.69) is 5.16 Å². The van der Waals surface area contributed by atoms with Crippen LogP contribution in [0.1, 0.15) is 43.9 Å². The lowest BCUT2D eigenvalue weighted by atomic mass is 9.91. The van der Waals surface area contributed by atoms with Crippen LogP contribution in [0.25, 0.3) is 11.0 Å². The van der Waals surface area contributed by atoms with E-state index in [-0.39, 0.29) is 6.61 Å². The summed E-state index contributed by atoms with van der Waals surface area (Å²) in [5, 5.41) is 23.9. The number of carboxylic acid groups (broad SMARTS) is 1. The second-order valence-corrected chi connectivity index (χ2v) is 6.81. The maximum absolute atomic E-state index is 11.0. The summed E-state index contributed by atoms with van der Waals surface area (Å²) < 4.78 is 11.2. The van der Waals surface area contributed by atoms with E-state index in [9.17, 15) is 9.90 Å². The third-order valence-corrected chi connectivity index (χ3v) is 5.07. The maximum Gasteiger partial charge on any atom is 0.407 e.